The van der Waals surface area contributed by atoms with E-state index in [4.69, 9.17) is 4.42 Å². The second kappa shape index (κ2) is 11.1. The summed E-state index contributed by atoms with van der Waals surface area (Å²) in [7, 11) is 0. The molecule has 44 heavy (non-hydrogen) atoms. The van der Waals surface area contributed by atoms with E-state index in [0.717, 1.165) is 55.7 Å². The lowest BCUT2D eigenvalue weighted by Gasteiger charge is -2.30. The summed E-state index contributed by atoms with van der Waals surface area (Å²) in [4.78, 5) is 2.38. The van der Waals surface area contributed by atoms with Crippen molar-refractivity contribution in [2.75, 3.05) is 4.90 Å². The Bertz CT molecular complexity index is 2200. The monoisotopic (exact) mass is 563 g/mol. The van der Waals surface area contributed by atoms with E-state index in [0.29, 0.717) is 0 Å². The molecule has 0 radical (unpaired) electrons. The van der Waals surface area contributed by atoms with Crippen molar-refractivity contribution in [3.05, 3.63) is 176 Å². The van der Waals surface area contributed by atoms with Crippen LogP contribution >= 0.6 is 0 Å². The summed E-state index contributed by atoms with van der Waals surface area (Å²) in [5.74, 6) is 0. The van der Waals surface area contributed by atoms with Crippen LogP contribution in [0.2, 0.25) is 0 Å². The van der Waals surface area contributed by atoms with Gasteiger partial charge < -0.3 is 9.32 Å². The Morgan fingerprint density at radius 2 is 0.886 bits per heavy atom. The maximum atomic E-state index is 6.47. The van der Waals surface area contributed by atoms with Crippen LogP contribution in [0.4, 0.5) is 17.1 Å². The second-order valence-electron chi connectivity index (χ2n) is 11.0. The van der Waals surface area contributed by atoms with Gasteiger partial charge in [-0.25, -0.2) is 0 Å². The van der Waals surface area contributed by atoms with Gasteiger partial charge in [-0.05, 0) is 52.6 Å². The molecule has 0 aliphatic rings. The molecule has 0 fully saturated rings. The van der Waals surface area contributed by atoms with E-state index in [-0.39, 0.29) is 0 Å². The molecule has 0 saturated carbocycles. The van der Waals surface area contributed by atoms with Crippen LogP contribution in [0.5, 0.6) is 0 Å². The Balaban J connectivity index is 1.42. The Kier molecular flexibility index (Phi) is 6.51. The molecule has 0 unspecified atom stereocenters. The van der Waals surface area contributed by atoms with Gasteiger partial charge in [-0.1, -0.05) is 140 Å². The Morgan fingerprint density at radius 3 is 1.59 bits per heavy atom. The summed E-state index contributed by atoms with van der Waals surface area (Å²) in [6.45, 7) is 0. The van der Waals surface area contributed by atoms with Crippen LogP contribution in [0.15, 0.2) is 180 Å². The van der Waals surface area contributed by atoms with Crippen LogP contribution in [0.3, 0.4) is 0 Å². The van der Waals surface area contributed by atoms with Crippen LogP contribution in [0.1, 0.15) is 0 Å². The van der Waals surface area contributed by atoms with Crippen LogP contribution in [-0.4, -0.2) is 0 Å². The molecule has 8 aromatic rings. The molecule has 7 aromatic carbocycles. The van der Waals surface area contributed by atoms with E-state index in [1.807, 2.05) is 12.1 Å². The van der Waals surface area contributed by atoms with E-state index < -0.39 is 0 Å². The molecule has 0 saturated heterocycles. The van der Waals surface area contributed by atoms with E-state index >= 15 is 0 Å². The van der Waals surface area contributed by atoms with Crippen molar-refractivity contribution in [1.29, 1.82) is 0 Å². The van der Waals surface area contributed by atoms with Crippen molar-refractivity contribution in [2.45, 2.75) is 0 Å². The molecular formula is C42H29NO. The molecule has 0 atom stereocenters. The fourth-order valence-electron chi connectivity index (χ4n) is 6.17. The number of hydrogen-bond donors (Lipinski definition) is 0. The first-order chi connectivity index (χ1) is 21.8. The number of benzene rings is 7. The lowest BCUT2D eigenvalue weighted by atomic mass is 9.97. The molecule has 0 aliphatic carbocycles. The van der Waals surface area contributed by atoms with Gasteiger partial charge in [-0.15, -0.1) is 0 Å². The number of hydrogen-bond acceptors (Lipinski definition) is 2. The van der Waals surface area contributed by atoms with Gasteiger partial charge >= 0.3 is 0 Å². The molecule has 0 aliphatic heterocycles. The van der Waals surface area contributed by atoms with Gasteiger partial charge in [0.2, 0.25) is 0 Å². The lowest BCUT2D eigenvalue weighted by molar-refractivity contribution is 0.669. The number of furan rings is 1. The maximum absolute atomic E-state index is 6.47. The minimum Gasteiger partial charge on any atom is -0.456 e. The van der Waals surface area contributed by atoms with Gasteiger partial charge in [0.15, 0.2) is 0 Å². The second-order valence-corrected chi connectivity index (χ2v) is 11.0. The van der Waals surface area contributed by atoms with Crippen molar-refractivity contribution in [1.82, 2.24) is 0 Å². The van der Waals surface area contributed by atoms with Gasteiger partial charge in [-0.2, -0.15) is 0 Å². The highest BCUT2D eigenvalue weighted by molar-refractivity contribution is 6.09. The molecule has 208 valence electrons. The first-order valence-electron chi connectivity index (χ1n) is 14.9. The van der Waals surface area contributed by atoms with Gasteiger partial charge in [0.05, 0.1) is 11.4 Å². The van der Waals surface area contributed by atoms with Gasteiger partial charge in [0.1, 0.15) is 11.2 Å². The summed E-state index contributed by atoms with van der Waals surface area (Å²) in [6, 6.07) is 62.1. The van der Waals surface area contributed by atoms with Crippen LogP contribution in [-0.2, 0) is 0 Å². The largest absolute Gasteiger partial charge is 0.456 e. The number of anilines is 3. The minimum absolute atomic E-state index is 0.865. The number of para-hydroxylation sites is 2. The molecule has 0 N–H and O–H groups in total. The van der Waals surface area contributed by atoms with Crippen LogP contribution in [0, 0.1) is 0 Å². The third-order valence-corrected chi connectivity index (χ3v) is 8.28. The fraction of sp³-hybridized carbons (Fsp3) is 0. The van der Waals surface area contributed by atoms with Gasteiger partial charge in [-0.3, -0.25) is 0 Å². The van der Waals surface area contributed by atoms with Crippen molar-refractivity contribution in [2.24, 2.45) is 0 Å². The Morgan fingerprint density at radius 1 is 0.341 bits per heavy atom. The fourth-order valence-corrected chi connectivity index (χ4v) is 6.17. The molecule has 1 aromatic heterocycles. The van der Waals surface area contributed by atoms with Crippen LogP contribution < -0.4 is 4.90 Å². The summed E-state index contributed by atoms with van der Waals surface area (Å²) in [5, 5.41) is 2.23. The van der Waals surface area contributed by atoms with Crippen molar-refractivity contribution in [3.8, 4) is 33.4 Å². The third kappa shape index (κ3) is 4.63. The summed E-state index contributed by atoms with van der Waals surface area (Å²) in [6.07, 6.45) is 0. The van der Waals surface area contributed by atoms with Gasteiger partial charge in [0.25, 0.3) is 0 Å². The topological polar surface area (TPSA) is 16.4 Å². The Labute approximate surface area is 257 Å². The first-order valence-corrected chi connectivity index (χ1v) is 14.9. The predicted molar refractivity (Wildman–Crippen MR) is 185 cm³/mol. The standard InChI is InChI=1S/C42H29NO/c1-4-14-30(15-5-1)31-24-26-34(27-25-31)43(39-22-12-10-20-35(39)32-16-6-2-7-17-32)40-29-42-38(36-21-11-13-23-41(36)44-42)28-37(40)33-18-8-3-9-19-33/h1-29H. The SMILES string of the molecule is c1ccc(-c2ccc(N(c3ccccc3-c3ccccc3)c3cc4oc5ccccc5c4cc3-c3ccccc3)cc2)cc1. The normalized spacial score (nSPS) is 11.2. The average molecular weight is 564 g/mol. The highest BCUT2D eigenvalue weighted by Crippen LogP contribution is 2.47. The van der Waals surface area contributed by atoms with E-state index in [9.17, 15) is 0 Å². The number of rotatable bonds is 6. The van der Waals surface area contributed by atoms with Crippen molar-refractivity contribution < 1.29 is 4.42 Å². The molecule has 8 rings (SSSR count). The molecule has 0 bridgehead atoms. The van der Waals surface area contributed by atoms with E-state index in [2.05, 4.69) is 169 Å². The molecule has 1 heterocycles. The predicted octanol–water partition coefficient (Wildman–Crippen LogP) is 12.1. The minimum atomic E-state index is 0.865. The quantitative estimate of drug-likeness (QED) is 0.200. The summed E-state index contributed by atoms with van der Waals surface area (Å²) in [5.41, 5.74) is 12.0. The van der Waals surface area contributed by atoms with Crippen LogP contribution in [0.25, 0.3) is 55.3 Å². The van der Waals surface area contributed by atoms with E-state index in [1.54, 1.807) is 0 Å². The smallest absolute Gasteiger partial charge is 0.137 e. The molecular weight excluding hydrogens is 534 g/mol. The molecule has 2 heteroatoms. The third-order valence-electron chi connectivity index (χ3n) is 8.28. The number of fused-ring (bicyclic) bond motifs is 3. The molecule has 2 nitrogen and oxygen atoms in total. The van der Waals surface area contributed by atoms with Crippen molar-refractivity contribution >= 4 is 39.0 Å². The average Bonchev–Trinajstić information content (AvgIpc) is 3.47. The molecule has 0 spiro atoms. The number of nitrogens with zero attached hydrogens (tertiary/aromatic N) is 1. The van der Waals surface area contributed by atoms with Crippen molar-refractivity contribution in [3.63, 3.8) is 0 Å². The zero-order valence-corrected chi connectivity index (χ0v) is 24.1. The first kappa shape index (κ1) is 25.8. The van der Waals surface area contributed by atoms with Gasteiger partial charge in [0, 0.05) is 33.7 Å². The highest BCUT2D eigenvalue weighted by Gasteiger charge is 2.23. The molecule has 0 amide bonds. The lowest BCUT2D eigenvalue weighted by Crippen LogP contribution is -2.12. The Hall–Kier alpha value is -5.86. The summed E-state index contributed by atoms with van der Waals surface area (Å²) < 4.78 is 6.47. The zero-order chi connectivity index (χ0) is 29.3. The zero-order valence-electron chi connectivity index (χ0n) is 24.1. The van der Waals surface area contributed by atoms with E-state index in [1.165, 1.54) is 16.7 Å². The summed E-state index contributed by atoms with van der Waals surface area (Å²) >= 11 is 0. The maximum Gasteiger partial charge on any atom is 0.137 e. The highest BCUT2D eigenvalue weighted by atomic mass is 16.3.